The first-order chi connectivity index (χ1) is 9.19. The summed E-state index contributed by atoms with van der Waals surface area (Å²) in [5.41, 5.74) is 3.26. The summed E-state index contributed by atoms with van der Waals surface area (Å²) in [6.45, 7) is 1.50. The fourth-order valence-corrected chi connectivity index (χ4v) is 2.37. The summed E-state index contributed by atoms with van der Waals surface area (Å²) < 4.78 is 0. The molecule has 2 N–H and O–H groups in total. The van der Waals surface area contributed by atoms with E-state index in [9.17, 15) is 0 Å². The third-order valence-electron chi connectivity index (χ3n) is 2.77. The van der Waals surface area contributed by atoms with Gasteiger partial charge in [0.1, 0.15) is 0 Å². The van der Waals surface area contributed by atoms with E-state index in [1.165, 1.54) is 5.56 Å². The molecule has 0 amide bonds. The normalized spacial score (nSPS) is 10.7. The van der Waals surface area contributed by atoms with Crippen LogP contribution in [0.15, 0.2) is 42.5 Å². The largest absolute Gasteiger partial charge is 0.395 e. The lowest BCUT2D eigenvalue weighted by Gasteiger charge is -2.06. The highest BCUT2D eigenvalue weighted by molar-refractivity contribution is 6.35. The topological polar surface area (TPSA) is 32.3 Å². The van der Waals surface area contributed by atoms with E-state index in [1.807, 2.05) is 24.3 Å². The Morgan fingerprint density at radius 1 is 0.895 bits per heavy atom. The third-order valence-corrected chi connectivity index (χ3v) is 3.20. The molecular formula is C15H15Cl2NO. The van der Waals surface area contributed by atoms with Gasteiger partial charge in [0.05, 0.1) is 6.61 Å². The monoisotopic (exact) mass is 295 g/mol. The summed E-state index contributed by atoms with van der Waals surface area (Å²) in [6.07, 6.45) is 0. The fourth-order valence-electron chi connectivity index (χ4n) is 1.85. The lowest BCUT2D eigenvalue weighted by Crippen LogP contribution is -2.17. The highest BCUT2D eigenvalue weighted by Gasteiger charge is 2.01. The van der Waals surface area contributed by atoms with E-state index >= 15 is 0 Å². The molecule has 0 aromatic heterocycles. The Balaban J connectivity index is 2.13. The first kappa shape index (κ1) is 14.4. The average molecular weight is 296 g/mol. The second kappa shape index (κ2) is 6.92. The Bertz CT molecular complexity index is 520. The predicted octanol–water partition coefficient (Wildman–Crippen LogP) is 3.74. The molecule has 0 spiro atoms. The Morgan fingerprint density at radius 2 is 1.53 bits per heavy atom. The van der Waals surface area contributed by atoms with E-state index in [1.54, 1.807) is 6.07 Å². The van der Waals surface area contributed by atoms with Gasteiger partial charge in [-0.1, -0.05) is 47.5 Å². The lowest BCUT2D eigenvalue weighted by atomic mass is 10.0. The molecule has 0 aliphatic carbocycles. The quantitative estimate of drug-likeness (QED) is 0.824. The lowest BCUT2D eigenvalue weighted by molar-refractivity contribution is 0.292. The van der Waals surface area contributed by atoms with Crippen LogP contribution in [-0.2, 0) is 6.54 Å². The van der Waals surface area contributed by atoms with Crippen molar-refractivity contribution in [1.29, 1.82) is 0 Å². The van der Waals surface area contributed by atoms with Gasteiger partial charge in [-0.15, -0.1) is 0 Å². The minimum Gasteiger partial charge on any atom is -0.395 e. The van der Waals surface area contributed by atoms with Crippen molar-refractivity contribution in [2.75, 3.05) is 13.2 Å². The van der Waals surface area contributed by atoms with Gasteiger partial charge in [0.15, 0.2) is 0 Å². The van der Waals surface area contributed by atoms with Crippen molar-refractivity contribution < 1.29 is 5.11 Å². The molecule has 0 heterocycles. The second-order valence-electron chi connectivity index (χ2n) is 4.26. The summed E-state index contributed by atoms with van der Waals surface area (Å²) in [7, 11) is 0. The third kappa shape index (κ3) is 4.22. The molecule has 0 saturated carbocycles. The van der Waals surface area contributed by atoms with Crippen LogP contribution < -0.4 is 5.32 Å². The van der Waals surface area contributed by atoms with E-state index < -0.39 is 0 Å². The van der Waals surface area contributed by atoms with Gasteiger partial charge in [0.2, 0.25) is 0 Å². The summed E-state index contributed by atoms with van der Waals surface area (Å²) in [4.78, 5) is 0. The van der Waals surface area contributed by atoms with Crippen LogP contribution in [0.3, 0.4) is 0 Å². The molecule has 0 bridgehead atoms. The van der Waals surface area contributed by atoms with E-state index in [0.717, 1.165) is 17.7 Å². The molecule has 19 heavy (non-hydrogen) atoms. The molecular weight excluding hydrogens is 281 g/mol. The van der Waals surface area contributed by atoms with Crippen molar-refractivity contribution in [2.45, 2.75) is 6.54 Å². The molecule has 0 atom stereocenters. The Hall–Kier alpha value is -1.06. The van der Waals surface area contributed by atoms with Crippen LogP contribution in [0.25, 0.3) is 11.1 Å². The van der Waals surface area contributed by atoms with Crippen molar-refractivity contribution in [3.63, 3.8) is 0 Å². The van der Waals surface area contributed by atoms with Gasteiger partial charge in [-0.05, 0) is 34.9 Å². The van der Waals surface area contributed by atoms with Gasteiger partial charge in [0.25, 0.3) is 0 Å². The van der Waals surface area contributed by atoms with Crippen molar-refractivity contribution >= 4 is 23.2 Å². The highest BCUT2D eigenvalue weighted by Crippen LogP contribution is 2.27. The summed E-state index contributed by atoms with van der Waals surface area (Å²) in [5, 5.41) is 13.1. The number of hydrogen-bond acceptors (Lipinski definition) is 2. The van der Waals surface area contributed by atoms with Crippen LogP contribution >= 0.6 is 23.2 Å². The van der Waals surface area contributed by atoms with Crippen molar-refractivity contribution in [2.24, 2.45) is 0 Å². The minimum atomic E-state index is 0.152. The number of rotatable bonds is 5. The molecule has 0 aliphatic rings. The Kier molecular flexibility index (Phi) is 5.23. The number of aliphatic hydroxyl groups is 1. The van der Waals surface area contributed by atoms with E-state index in [0.29, 0.717) is 16.6 Å². The fraction of sp³-hybridized carbons (Fsp3) is 0.200. The molecule has 2 aromatic carbocycles. The molecule has 0 fully saturated rings. The van der Waals surface area contributed by atoms with Crippen LogP contribution in [0.5, 0.6) is 0 Å². The van der Waals surface area contributed by atoms with E-state index in [2.05, 4.69) is 17.4 Å². The van der Waals surface area contributed by atoms with Crippen molar-refractivity contribution in [1.82, 2.24) is 5.32 Å². The molecule has 0 aliphatic heterocycles. The van der Waals surface area contributed by atoms with Gasteiger partial charge < -0.3 is 10.4 Å². The van der Waals surface area contributed by atoms with Crippen LogP contribution in [0.4, 0.5) is 0 Å². The summed E-state index contributed by atoms with van der Waals surface area (Å²) in [5.74, 6) is 0. The first-order valence-corrected chi connectivity index (χ1v) is 6.81. The first-order valence-electron chi connectivity index (χ1n) is 6.06. The molecule has 2 rings (SSSR count). The second-order valence-corrected chi connectivity index (χ2v) is 5.13. The number of aliphatic hydroxyl groups excluding tert-OH is 1. The molecule has 0 radical (unpaired) electrons. The Labute approximate surface area is 123 Å². The van der Waals surface area contributed by atoms with Gasteiger partial charge in [-0.3, -0.25) is 0 Å². The molecule has 2 nitrogen and oxygen atoms in total. The number of nitrogens with one attached hydrogen (secondary N) is 1. The smallest absolute Gasteiger partial charge is 0.0556 e. The molecule has 0 unspecified atom stereocenters. The van der Waals surface area contributed by atoms with Crippen molar-refractivity contribution in [3.05, 3.63) is 58.1 Å². The SMILES string of the molecule is OCCNCc1ccc(-c2cc(Cl)cc(Cl)c2)cc1. The van der Waals surface area contributed by atoms with E-state index in [4.69, 9.17) is 28.3 Å². The van der Waals surface area contributed by atoms with Gasteiger partial charge in [0, 0.05) is 23.1 Å². The van der Waals surface area contributed by atoms with Gasteiger partial charge >= 0.3 is 0 Å². The van der Waals surface area contributed by atoms with Gasteiger partial charge in [-0.25, -0.2) is 0 Å². The number of hydrogen-bond donors (Lipinski definition) is 2. The van der Waals surface area contributed by atoms with Crippen LogP contribution in [-0.4, -0.2) is 18.3 Å². The highest BCUT2D eigenvalue weighted by atomic mass is 35.5. The molecule has 4 heteroatoms. The van der Waals surface area contributed by atoms with Crippen molar-refractivity contribution in [3.8, 4) is 11.1 Å². The number of benzene rings is 2. The zero-order valence-corrected chi connectivity index (χ0v) is 11.9. The van der Waals surface area contributed by atoms with Gasteiger partial charge in [-0.2, -0.15) is 0 Å². The minimum absolute atomic E-state index is 0.152. The maximum absolute atomic E-state index is 8.70. The maximum atomic E-state index is 8.70. The molecule has 2 aromatic rings. The maximum Gasteiger partial charge on any atom is 0.0556 e. The van der Waals surface area contributed by atoms with E-state index in [-0.39, 0.29) is 6.61 Å². The molecule has 100 valence electrons. The summed E-state index contributed by atoms with van der Waals surface area (Å²) >= 11 is 12.0. The Morgan fingerprint density at radius 3 is 2.11 bits per heavy atom. The average Bonchev–Trinajstić information content (AvgIpc) is 2.39. The summed E-state index contributed by atoms with van der Waals surface area (Å²) in [6, 6.07) is 13.7. The van der Waals surface area contributed by atoms with Crippen LogP contribution in [0, 0.1) is 0 Å². The molecule has 0 saturated heterocycles. The zero-order chi connectivity index (χ0) is 13.7. The number of halogens is 2. The van der Waals surface area contributed by atoms with Crippen LogP contribution in [0.1, 0.15) is 5.56 Å². The zero-order valence-electron chi connectivity index (χ0n) is 10.4. The van der Waals surface area contributed by atoms with Crippen LogP contribution in [0.2, 0.25) is 10.0 Å². The predicted molar refractivity (Wildman–Crippen MR) is 80.7 cm³/mol. The standard InChI is InChI=1S/C15H15Cl2NO/c16-14-7-13(8-15(17)9-14)12-3-1-11(2-4-12)10-18-5-6-19/h1-4,7-9,18-19H,5-6,10H2.